The van der Waals surface area contributed by atoms with Gasteiger partial charge >= 0.3 is 5.97 Å². The number of carboxylic acid groups (broad SMARTS) is 1. The number of fused-ring (bicyclic) bond motifs is 1. The highest BCUT2D eigenvalue weighted by Crippen LogP contribution is 2.31. The topological polar surface area (TPSA) is 95.4 Å². The van der Waals surface area contributed by atoms with E-state index >= 15 is 0 Å². The highest BCUT2D eigenvalue weighted by Gasteiger charge is 2.32. The lowest BCUT2D eigenvalue weighted by atomic mass is 10.1. The standard InChI is InChI=1S/C19H26N4O3S/c24-16(25)8-4-2-1-3-5-10-20-18(26)15-7-6-11-23(15)17-14-9-12-27-19(14)22-13-21-17/h9,12-13,15H,1-8,10-11H2,(H,20,26)(H,24,25). The van der Waals surface area contributed by atoms with Gasteiger partial charge in [-0.3, -0.25) is 9.59 Å². The van der Waals surface area contributed by atoms with Crippen LogP contribution in [0.25, 0.3) is 10.2 Å². The van der Waals surface area contributed by atoms with Crippen LogP contribution in [0.4, 0.5) is 5.82 Å². The number of nitrogens with zero attached hydrogens (tertiary/aromatic N) is 3. The van der Waals surface area contributed by atoms with Gasteiger partial charge in [0.05, 0.1) is 5.39 Å². The van der Waals surface area contributed by atoms with E-state index in [1.807, 2.05) is 11.4 Å². The van der Waals surface area contributed by atoms with Gasteiger partial charge in [-0.25, -0.2) is 9.97 Å². The molecule has 2 aromatic heterocycles. The van der Waals surface area contributed by atoms with E-state index in [4.69, 9.17) is 5.11 Å². The van der Waals surface area contributed by atoms with Gasteiger partial charge in [0.25, 0.3) is 0 Å². The first kappa shape index (κ1) is 19.5. The van der Waals surface area contributed by atoms with Crippen LogP contribution in [0.5, 0.6) is 0 Å². The first-order valence-electron chi connectivity index (χ1n) is 9.61. The van der Waals surface area contributed by atoms with Gasteiger partial charge in [-0.1, -0.05) is 19.3 Å². The maximum Gasteiger partial charge on any atom is 0.303 e. The molecule has 1 fully saturated rings. The third-order valence-electron chi connectivity index (χ3n) is 4.93. The van der Waals surface area contributed by atoms with Crippen molar-refractivity contribution in [3.8, 4) is 0 Å². The van der Waals surface area contributed by atoms with E-state index in [9.17, 15) is 9.59 Å². The zero-order valence-electron chi connectivity index (χ0n) is 15.4. The second-order valence-electron chi connectivity index (χ2n) is 6.89. The molecule has 1 unspecified atom stereocenters. The first-order valence-corrected chi connectivity index (χ1v) is 10.5. The van der Waals surface area contributed by atoms with Crippen molar-refractivity contribution in [2.75, 3.05) is 18.0 Å². The number of thiophene rings is 1. The van der Waals surface area contributed by atoms with Crippen LogP contribution in [-0.4, -0.2) is 46.1 Å². The summed E-state index contributed by atoms with van der Waals surface area (Å²) in [6.07, 6.45) is 8.25. The van der Waals surface area contributed by atoms with Crippen LogP contribution in [0.1, 0.15) is 51.4 Å². The number of aliphatic carboxylic acids is 1. The summed E-state index contributed by atoms with van der Waals surface area (Å²) in [5.41, 5.74) is 0. The molecule has 0 aliphatic carbocycles. The number of aromatic nitrogens is 2. The van der Waals surface area contributed by atoms with E-state index < -0.39 is 5.97 Å². The first-order chi connectivity index (χ1) is 13.2. The summed E-state index contributed by atoms with van der Waals surface area (Å²) in [6, 6.07) is 1.85. The number of carbonyl (C=O) groups excluding carboxylic acids is 1. The van der Waals surface area contributed by atoms with E-state index in [0.717, 1.165) is 67.5 Å². The molecule has 2 aromatic rings. The smallest absolute Gasteiger partial charge is 0.303 e. The van der Waals surface area contributed by atoms with Gasteiger partial charge in [-0.15, -0.1) is 11.3 Å². The molecule has 1 amide bonds. The number of unbranched alkanes of at least 4 members (excludes halogenated alkanes) is 4. The Kier molecular flexibility index (Phi) is 6.98. The van der Waals surface area contributed by atoms with Crippen LogP contribution < -0.4 is 10.2 Å². The molecule has 0 bridgehead atoms. The second kappa shape index (κ2) is 9.64. The number of carboxylic acids is 1. The Balaban J connectivity index is 1.44. The van der Waals surface area contributed by atoms with E-state index in [2.05, 4.69) is 20.2 Å². The highest BCUT2D eigenvalue weighted by molar-refractivity contribution is 7.16. The summed E-state index contributed by atoms with van der Waals surface area (Å²) in [7, 11) is 0. The van der Waals surface area contributed by atoms with Crippen molar-refractivity contribution in [2.24, 2.45) is 0 Å². The van der Waals surface area contributed by atoms with E-state index in [-0.39, 0.29) is 18.4 Å². The summed E-state index contributed by atoms with van der Waals surface area (Å²) in [5, 5.41) is 14.7. The number of rotatable bonds is 10. The highest BCUT2D eigenvalue weighted by atomic mass is 32.1. The molecular weight excluding hydrogens is 364 g/mol. The number of nitrogens with one attached hydrogen (secondary N) is 1. The second-order valence-corrected chi connectivity index (χ2v) is 7.79. The lowest BCUT2D eigenvalue weighted by molar-refractivity contribution is -0.137. The van der Waals surface area contributed by atoms with Gasteiger partial charge in [-0.05, 0) is 37.1 Å². The molecular formula is C19H26N4O3S. The van der Waals surface area contributed by atoms with E-state index in [1.54, 1.807) is 17.7 Å². The van der Waals surface area contributed by atoms with Crippen molar-refractivity contribution in [3.63, 3.8) is 0 Å². The zero-order chi connectivity index (χ0) is 19.1. The summed E-state index contributed by atoms with van der Waals surface area (Å²) >= 11 is 1.59. The van der Waals surface area contributed by atoms with Crippen LogP contribution in [0.3, 0.4) is 0 Å². The van der Waals surface area contributed by atoms with Crippen LogP contribution in [0.2, 0.25) is 0 Å². The summed E-state index contributed by atoms with van der Waals surface area (Å²) in [6.45, 7) is 1.50. The Labute approximate surface area is 162 Å². The van der Waals surface area contributed by atoms with Crippen molar-refractivity contribution >= 4 is 39.2 Å². The van der Waals surface area contributed by atoms with Gasteiger partial charge in [0.2, 0.25) is 5.91 Å². The van der Waals surface area contributed by atoms with Gasteiger partial charge in [0.15, 0.2) is 0 Å². The summed E-state index contributed by atoms with van der Waals surface area (Å²) in [5.74, 6) is 0.199. The SMILES string of the molecule is O=C(O)CCCCCCCNC(=O)C1CCCN1c1ncnc2sccc12. The van der Waals surface area contributed by atoms with Crippen LogP contribution >= 0.6 is 11.3 Å². The molecule has 0 aromatic carbocycles. The third-order valence-corrected chi connectivity index (χ3v) is 5.76. The normalized spacial score (nSPS) is 16.7. The Hall–Kier alpha value is -2.22. The van der Waals surface area contributed by atoms with E-state index in [0.29, 0.717) is 6.54 Å². The summed E-state index contributed by atoms with van der Waals surface area (Å²) in [4.78, 5) is 34.9. The Morgan fingerprint density at radius 3 is 2.89 bits per heavy atom. The molecule has 1 aliphatic heterocycles. The van der Waals surface area contributed by atoms with Crippen LogP contribution in [0, 0.1) is 0 Å². The minimum atomic E-state index is -0.730. The molecule has 8 heteroatoms. The van der Waals surface area contributed by atoms with Crippen molar-refractivity contribution in [2.45, 2.75) is 57.4 Å². The molecule has 0 saturated carbocycles. The Bertz CT molecular complexity index is 779. The quantitative estimate of drug-likeness (QED) is 0.605. The van der Waals surface area contributed by atoms with E-state index in [1.165, 1.54) is 0 Å². The summed E-state index contributed by atoms with van der Waals surface area (Å²) < 4.78 is 0. The average Bonchev–Trinajstić information content (AvgIpc) is 3.32. The number of amides is 1. The van der Waals surface area contributed by atoms with Crippen molar-refractivity contribution in [3.05, 3.63) is 17.8 Å². The maximum atomic E-state index is 12.7. The van der Waals surface area contributed by atoms with Crippen LogP contribution in [-0.2, 0) is 9.59 Å². The minimum Gasteiger partial charge on any atom is -0.481 e. The minimum absolute atomic E-state index is 0.0698. The average molecular weight is 391 g/mol. The molecule has 0 spiro atoms. The molecule has 27 heavy (non-hydrogen) atoms. The molecule has 7 nitrogen and oxygen atoms in total. The fraction of sp³-hybridized carbons (Fsp3) is 0.579. The molecule has 3 heterocycles. The van der Waals surface area contributed by atoms with Gasteiger partial charge in [-0.2, -0.15) is 0 Å². The monoisotopic (exact) mass is 390 g/mol. The Morgan fingerprint density at radius 1 is 1.22 bits per heavy atom. The van der Waals surface area contributed by atoms with Crippen LogP contribution in [0.15, 0.2) is 17.8 Å². The Morgan fingerprint density at radius 2 is 2.04 bits per heavy atom. The fourth-order valence-electron chi connectivity index (χ4n) is 3.56. The predicted molar refractivity (Wildman–Crippen MR) is 106 cm³/mol. The van der Waals surface area contributed by atoms with Crippen molar-refractivity contribution in [1.82, 2.24) is 15.3 Å². The molecule has 0 radical (unpaired) electrons. The number of hydrogen-bond acceptors (Lipinski definition) is 6. The molecule has 1 saturated heterocycles. The number of hydrogen-bond donors (Lipinski definition) is 2. The van der Waals surface area contributed by atoms with Gasteiger partial charge in [0, 0.05) is 19.5 Å². The van der Waals surface area contributed by atoms with Gasteiger partial charge in [0.1, 0.15) is 23.0 Å². The zero-order valence-corrected chi connectivity index (χ0v) is 16.2. The van der Waals surface area contributed by atoms with Crippen molar-refractivity contribution in [1.29, 1.82) is 0 Å². The lowest BCUT2D eigenvalue weighted by Gasteiger charge is -2.25. The third kappa shape index (κ3) is 5.15. The number of carbonyl (C=O) groups is 2. The molecule has 146 valence electrons. The molecule has 2 N–H and O–H groups in total. The number of anilines is 1. The lowest BCUT2D eigenvalue weighted by Crippen LogP contribution is -2.44. The molecule has 1 aliphatic rings. The maximum absolute atomic E-state index is 12.7. The fourth-order valence-corrected chi connectivity index (χ4v) is 4.29. The largest absolute Gasteiger partial charge is 0.481 e. The van der Waals surface area contributed by atoms with Gasteiger partial charge < -0.3 is 15.3 Å². The molecule has 1 atom stereocenters. The molecule has 3 rings (SSSR count). The van der Waals surface area contributed by atoms with Crippen molar-refractivity contribution < 1.29 is 14.7 Å². The predicted octanol–water partition coefficient (Wildman–Crippen LogP) is 3.20.